The fourth-order valence-electron chi connectivity index (χ4n) is 5.27. The third kappa shape index (κ3) is 5.52. The van der Waals surface area contributed by atoms with Crippen LogP contribution < -0.4 is 4.90 Å². The molecule has 0 radical (unpaired) electrons. The molecular weight excluding hydrogens is 522 g/mol. The van der Waals surface area contributed by atoms with E-state index in [9.17, 15) is 13.7 Å². The van der Waals surface area contributed by atoms with Gasteiger partial charge in [-0.1, -0.05) is 74.5 Å². The molecule has 8 nitrogen and oxygen atoms in total. The van der Waals surface area contributed by atoms with Gasteiger partial charge >= 0.3 is 0 Å². The van der Waals surface area contributed by atoms with Crippen molar-refractivity contribution in [3.8, 4) is 17.5 Å². The Morgan fingerprint density at radius 2 is 1.43 bits per heavy atom. The molecule has 0 atom stereocenters. The van der Waals surface area contributed by atoms with Gasteiger partial charge in [0.2, 0.25) is 27.5 Å². The molecule has 1 aliphatic heterocycles. The second-order valence-corrected chi connectivity index (χ2v) is 11.6. The summed E-state index contributed by atoms with van der Waals surface area (Å²) in [6.07, 6.45) is 0. The van der Waals surface area contributed by atoms with Gasteiger partial charge in [-0.05, 0) is 35.4 Å². The molecule has 0 aliphatic carbocycles. The highest BCUT2D eigenvalue weighted by atomic mass is 32.2. The number of hydrogen-bond acceptors (Lipinski definition) is 7. The lowest BCUT2D eigenvalue weighted by Gasteiger charge is -2.39. The maximum absolute atomic E-state index is 12.8. The first-order valence-electron chi connectivity index (χ1n) is 13.6. The summed E-state index contributed by atoms with van der Waals surface area (Å²) in [5.41, 5.74) is 3.33. The van der Waals surface area contributed by atoms with Gasteiger partial charge in [-0.25, -0.2) is 8.42 Å². The average Bonchev–Trinajstić information content (AvgIpc) is 3.44. The Hall–Kier alpha value is -3.97. The summed E-state index contributed by atoms with van der Waals surface area (Å²) in [5.74, 6) is 0.750. The number of nitrogens with zero attached hydrogens (tertiary/aromatic N) is 5. The molecule has 1 aliphatic rings. The SMILES string of the molecule is CCN(CC)S(=O)(=O)c1ccc(-c2nc(C#N)c(N3CCN(C(c4ccccc4)c4ccccc4)CC3)o2)cc1. The Morgan fingerprint density at radius 3 is 1.93 bits per heavy atom. The molecule has 1 aromatic heterocycles. The maximum Gasteiger partial charge on any atom is 0.243 e. The number of anilines is 1. The van der Waals surface area contributed by atoms with Gasteiger partial charge in [0.15, 0.2) is 0 Å². The van der Waals surface area contributed by atoms with Gasteiger partial charge in [-0.3, -0.25) is 4.90 Å². The summed E-state index contributed by atoms with van der Waals surface area (Å²) in [4.78, 5) is 9.18. The van der Waals surface area contributed by atoms with Crippen LogP contribution in [-0.4, -0.2) is 61.9 Å². The topological polar surface area (TPSA) is 93.7 Å². The van der Waals surface area contributed by atoms with Gasteiger partial charge in [-0.15, -0.1) is 0 Å². The molecular formula is C31H33N5O3S. The van der Waals surface area contributed by atoms with Crippen molar-refractivity contribution in [3.05, 3.63) is 102 Å². The Kier molecular flexibility index (Phi) is 8.31. The molecule has 2 heterocycles. The molecule has 4 aromatic rings. The number of piperazine rings is 1. The van der Waals surface area contributed by atoms with Gasteiger partial charge in [-0.2, -0.15) is 14.6 Å². The van der Waals surface area contributed by atoms with Crippen LogP contribution in [0.3, 0.4) is 0 Å². The van der Waals surface area contributed by atoms with Crippen molar-refractivity contribution in [2.24, 2.45) is 0 Å². The van der Waals surface area contributed by atoms with E-state index in [1.54, 1.807) is 24.3 Å². The van der Waals surface area contributed by atoms with Crippen LogP contribution in [0.1, 0.15) is 36.7 Å². The van der Waals surface area contributed by atoms with E-state index in [-0.39, 0.29) is 16.6 Å². The predicted octanol–water partition coefficient (Wildman–Crippen LogP) is 5.16. The molecule has 40 heavy (non-hydrogen) atoms. The van der Waals surface area contributed by atoms with E-state index < -0.39 is 10.0 Å². The van der Waals surface area contributed by atoms with E-state index in [4.69, 9.17) is 4.42 Å². The van der Waals surface area contributed by atoms with Gasteiger partial charge < -0.3 is 9.32 Å². The highest BCUT2D eigenvalue weighted by Gasteiger charge is 2.30. The minimum atomic E-state index is -3.56. The number of nitriles is 1. The molecule has 1 saturated heterocycles. The van der Waals surface area contributed by atoms with E-state index in [1.165, 1.54) is 15.4 Å². The molecule has 9 heteroatoms. The quantitative estimate of drug-likeness (QED) is 0.282. The Bertz CT molecular complexity index is 1510. The van der Waals surface area contributed by atoms with Crippen LogP contribution in [0.15, 0.2) is 94.2 Å². The molecule has 0 unspecified atom stereocenters. The van der Waals surface area contributed by atoms with Crippen LogP contribution >= 0.6 is 0 Å². The number of hydrogen-bond donors (Lipinski definition) is 0. The Morgan fingerprint density at radius 1 is 0.875 bits per heavy atom. The summed E-state index contributed by atoms with van der Waals surface area (Å²) in [7, 11) is -3.56. The molecule has 5 rings (SSSR count). The minimum absolute atomic E-state index is 0.136. The van der Waals surface area contributed by atoms with Crippen LogP contribution in [0.25, 0.3) is 11.5 Å². The Balaban J connectivity index is 1.34. The van der Waals surface area contributed by atoms with Crippen molar-refractivity contribution < 1.29 is 12.8 Å². The predicted molar refractivity (Wildman–Crippen MR) is 155 cm³/mol. The van der Waals surface area contributed by atoms with Crippen molar-refractivity contribution in [3.63, 3.8) is 0 Å². The van der Waals surface area contributed by atoms with Crippen LogP contribution in [0.4, 0.5) is 5.88 Å². The summed E-state index contributed by atoms with van der Waals surface area (Å²) >= 11 is 0. The lowest BCUT2D eigenvalue weighted by Crippen LogP contribution is -2.48. The second kappa shape index (κ2) is 12.0. The summed E-state index contributed by atoms with van der Waals surface area (Å²) < 4.78 is 33.2. The number of aromatic nitrogens is 1. The molecule has 0 saturated carbocycles. The van der Waals surface area contributed by atoms with E-state index in [0.29, 0.717) is 43.5 Å². The lowest BCUT2D eigenvalue weighted by atomic mass is 9.96. The molecule has 0 N–H and O–H groups in total. The second-order valence-electron chi connectivity index (χ2n) is 9.65. The van der Waals surface area contributed by atoms with E-state index >= 15 is 0 Å². The summed E-state index contributed by atoms with van der Waals surface area (Å²) in [6.45, 7) is 7.37. The zero-order valence-corrected chi connectivity index (χ0v) is 23.6. The van der Waals surface area contributed by atoms with Crippen molar-refractivity contribution >= 4 is 15.9 Å². The third-order valence-corrected chi connectivity index (χ3v) is 9.42. The number of oxazole rings is 1. The standard InChI is InChI=1S/C31H33N5O3S/c1-3-36(4-2)40(37,38)27-17-15-26(16-18-27)30-33-28(23-32)31(39-30)35-21-19-34(20-22-35)29(24-11-7-5-8-12-24)25-13-9-6-10-14-25/h5-18,29H,3-4,19-22H2,1-2H3. The summed E-state index contributed by atoms with van der Waals surface area (Å²) in [6, 6.07) is 29.8. The van der Waals surface area contributed by atoms with Gasteiger partial charge in [0.05, 0.1) is 10.9 Å². The van der Waals surface area contributed by atoms with E-state index in [1.807, 2.05) is 26.0 Å². The fraction of sp³-hybridized carbons (Fsp3) is 0.290. The first-order chi connectivity index (χ1) is 19.5. The summed E-state index contributed by atoms with van der Waals surface area (Å²) in [5, 5.41) is 9.82. The third-order valence-electron chi connectivity index (χ3n) is 7.36. The lowest BCUT2D eigenvalue weighted by molar-refractivity contribution is 0.209. The van der Waals surface area contributed by atoms with E-state index in [0.717, 1.165) is 13.1 Å². The monoisotopic (exact) mass is 555 g/mol. The smallest absolute Gasteiger partial charge is 0.243 e. The van der Waals surface area contributed by atoms with Crippen molar-refractivity contribution in [2.45, 2.75) is 24.8 Å². The Labute approximate surface area is 236 Å². The molecule has 0 bridgehead atoms. The maximum atomic E-state index is 12.8. The van der Waals surface area contributed by atoms with Crippen LogP contribution in [0.5, 0.6) is 0 Å². The molecule has 3 aromatic carbocycles. The highest BCUT2D eigenvalue weighted by Crippen LogP contribution is 2.33. The average molecular weight is 556 g/mol. The van der Waals surface area contributed by atoms with Gasteiger partial charge in [0.25, 0.3) is 0 Å². The fourth-order valence-corrected chi connectivity index (χ4v) is 6.73. The van der Waals surface area contributed by atoms with Crippen LogP contribution in [-0.2, 0) is 10.0 Å². The number of benzene rings is 3. The highest BCUT2D eigenvalue weighted by molar-refractivity contribution is 7.89. The van der Waals surface area contributed by atoms with Crippen molar-refractivity contribution in [1.82, 2.24) is 14.2 Å². The van der Waals surface area contributed by atoms with Crippen LogP contribution in [0.2, 0.25) is 0 Å². The molecule has 1 fully saturated rings. The van der Waals surface area contributed by atoms with Crippen molar-refractivity contribution in [1.29, 1.82) is 5.26 Å². The van der Waals surface area contributed by atoms with Gasteiger partial charge in [0.1, 0.15) is 6.07 Å². The molecule has 0 amide bonds. The minimum Gasteiger partial charge on any atom is -0.419 e. The molecule has 206 valence electrons. The zero-order valence-electron chi connectivity index (χ0n) is 22.8. The zero-order chi connectivity index (χ0) is 28.1. The van der Waals surface area contributed by atoms with E-state index in [2.05, 4.69) is 69.4 Å². The normalized spacial score (nSPS) is 14.5. The van der Waals surface area contributed by atoms with Gasteiger partial charge in [0, 0.05) is 44.8 Å². The first-order valence-corrected chi connectivity index (χ1v) is 15.0. The van der Waals surface area contributed by atoms with Crippen LogP contribution in [0, 0.1) is 11.3 Å². The largest absolute Gasteiger partial charge is 0.419 e. The first kappa shape index (κ1) is 27.6. The number of sulfonamides is 1. The van der Waals surface area contributed by atoms with Crippen molar-refractivity contribution in [2.75, 3.05) is 44.2 Å². The molecule has 0 spiro atoms. The number of rotatable bonds is 9.